The number of aromatic nitrogens is 2. The van der Waals surface area contributed by atoms with E-state index in [4.69, 9.17) is 4.74 Å². The SMILES string of the molecule is Cc1nc2c(c(C(F)(F)F)n1)CCN(C(=O)OC(C)(C)C)C2. The molecule has 5 nitrogen and oxygen atoms in total. The molecule has 1 aromatic rings. The van der Waals surface area contributed by atoms with Crippen molar-refractivity contribution in [2.75, 3.05) is 6.54 Å². The van der Waals surface area contributed by atoms with E-state index in [2.05, 4.69) is 9.97 Å². The van der Waals surface area contributed by atoms with Gasteiger partial charge in [0.05, 0.1) is 12.2 Å². The molecule has 0 unspecified atom stereocenters. The van der Waals surface area contributed by atoms with Crippen LogP contribution in [0, 0.1) is 6.92 Å². The monoisotopic (exact) mass is 317 g/mol. The summed E-state index contributed by atoms with van der Waals surface area (Å²) in [5, 5.41) is 0. The number of amides is 1. The molecule has 1 aliphatic rings. The molecule has 1 aromatic heterocycles. The number of carbonyl (C=O) groups is 1. The van der Waals surface area contributed by atoms with Gasteiger partial charge in [-0.05, 0) is 34.1 Å². The Labute approximate surface area is 126 Å². The fraction of sp³-hybridized carbons (Fsp3) is 0.643. The minimum Gasteiger partial charge on any atom is -0.444 e. The van der Waals surface area contributed by atoms with Crippen molar-refractivity contribution in [2.45, 2.75) is 52.4 Å². The second kappa shape index (κ2) is 5.40. The van der Waals surface area contributed by atoms with Crippen molar-refractivity contribution in [3.8, 4) is 0 Å². The maximum atomic E-state index is 13.0. The first-order valence-electron chi connectivity index (χ1n) is 6.89. The highest BCUT2D eigenvalue weighted by molar-refractivity contribution is 5.68. The van der Waals surface area contributed by atoms with Crippen LogP contribution < -0.4 is 0 Å². The molecule has 1 amide bonds. The molecule has 0 saturated carbocycles. The summed E-state index contributed by atoms with van der Waals surface area (Å²) in [5.74, 6) is 0.0390. The Bertz CT molecular complexity index is 594. The molecule has 2 rings (SSSR count). The zero-order valence-electron chi connectivity index (χ0n) is 12.9. The van der Waals surface area contributed by atoms with Crippen molar-refractivity contribution in [2.24, 2.45) is 0 Å². The number of hydrogen-bond donors (Lipinski definition) is 0. The number of fused-ring (bicyclic) bond motifs is 1. The number of carbonyl (C=O) groups excluding carboxylic acids is 1. The Morgan fingerprint density at radius 3 is 2.41 bits per heavy atom. The van der Waals surface area contributed by atoms with Crippen LogP contribution in [0.4, 0.5) is 18.0 Å². The molecular formula is C14H18F3N3O2. The summed E-state index contributed by atoms with van der Waals surface area (Å²) < 4.78 is 44.4. The Kier molecular flexibility index (Phi) is 4.06. The molecule has 122 valence electrons. The van der Waals surface area contributed by atoms with Gasteiger partial charge in [0, 0.05) is 12.1 Å². The number of ether oxygens (including phenoxy) is 1. The van der Waals surface area contributed by atoms with E-state index in [1.807, 2.05) is 0 Å². The number of nitrogens with zero attached hydrogens (tertiary/aromatic N) is 3. The second-order valence-corrected chi connectivity index (χ2v) is 6.19. The van der Waals surface area contributed by atoms with Gasteiger partial charge >= 0.3 is 12.3 Å². The third-order valence-corrected chi connectivity index (χ3v) is 3.10. The summed E-state index contributed by atoms with van der Waals surface area (Å²) in [5.41, 5.74) is -1.26. The summed E-state index contributed by atoms with van der Waals surface area (Å²) in [6.07, 6.45) is -5.02. The first-order valence-corrected chi connectivity index (χ1v) is 6.89. The normalized spacial score (nSPS) is 15.5. The molecule has 0 N–H and O–H groups in total. The van der Waals surface area contributed by atoms with E-state index in [1.54, 1.807) is 20.8 Å². The maximum absolute atomic E-state index is 13.0. The van der Waals surface area contributed by atoms with E-state index in [0.717, 1.165) is 0 Å². The summed E-state index contributed by atoms with van der Waals surface area (Å²) in [6.45, 7) is 6.75. The van der Waals surface area contributed by atoms with Crippen LogP contribution in [0.5, 0.6) is 0 Å². The average Bonchev–Trinajstić information content (AvgIpc) is 2.33. The van der Waals surface area contributed by atoms with Crippen LogP contribution in [0.15, 0.2) is 0 Å². The van der Waals surface area contributed by atoms with Gasteiger partial charge in [-0.25, -0.2) is 14.8 Å². The number of rotatable bonds is 0. The Morgan fingerprint density at radius 2 is 1.86 bits per heavy atom. The Hall–Kier alpha value is -1.86. The van der Waals surface area contributed by atoms with E-state index in [0.29, 0.717) is 0 Å². The van der Waals surface area contributed by atoms with Gasteiger partial charge < -0.3 is 9.64 Å². The van der Waals surface area contributed by atoms with Crippen molar-refractivity contribution in [3.63, 3.8) is 0 Å². The van der Waals surface area contributed by atoms with Gasteiger partial charge in [-0.3, -0.25) is 0 Å². The minimum atomic E-state index is -4.52. The van der Waals surface area contributed by atoms with Gasteiger partial charge in [0.25, 0.3) is 0 Å². The van der Waals surface area contributed by atoms with Gasteiger partial charge in [0.15, 0.2) is 5.69 Å². The highest BCUT2D eigenvalue weighted by atomic mass is 19.4. The lowest BCUT2D eigenvalue weighted by atomic mass is 10.0. The van der Waals surface area contributed by atoms with Crippen LogP contribution in [0.3, 0.4) is 0 Å². The van der Waals surface area contributed by atoms with Gasteiger partial charge in [0.1, 0.15) is 11.4 Å². The van der Waals surface area contributed by atoms with Crippen molar-refractivity contribution >= 4 is 6.09 Å². The van der Waals surface area contributed by atoms with Crippen LogP contribution in [0.25, 0.3) is 0 Å². The maximum Gasteiger partial charge on any atom is 0.433 e. The zero-order chi connectivity index (χ0) is 16.7. The van der Waals surface area contributed by atoms with Gasteiger partial charge in [-0.1, -0.05) is 0 Å². The smallest absolute Gasteiger partial charge is 0.433 e. The lowest BCUT2D eigenvalue weighted by Crippen LogP contribution is -2.41. The molecule has 2 heterocycles. The van der Waals surface area contributed by atoms with E-state index >= 15 is 0 Å². The van der Waals surface area contributed by atoms with Crippen LogP contribution in [0.1, 0.15) is 43.5 Å². The van der Waals surface area contributed by atoms with Gasteiger partial charge in [-0.15, -0.1) is 0 Å². The number of hydrogen-bond acceptors (Lipinski definition) is 4. The molecule has 1 aliphatic heterocycles. The van der Waals surface area contributed by atoms with Crippen LogP contribution in [0.2, 0.25) is 0 Å². The molecule has 0 bridgehead atoms. The molecule has 0 aromatic carbocycles. The quantitative estimate of drug-likeness (QED) is 0.738. The molecule has 0 atom stereocenters. The summed E-state index contributed by atoms with van der Waals surface area (Å²) in [6, 6.07) is 0. The number of halogens is 3. The van der Waals surface area contributed by atoms with Gasteiger partial charge in [-0.2, -0.15) is 13.2 Å². The van der Waals surface area contributed by atoms with Crippen LogP contribution in [-0.4, -0.2) is 33.1 Å². The molecule has 22 heavy (non-hydrogen) atoms. The van der Waals surface area contributed by atoms with Crippen molar-refractivity contribution < 1.29 is 22.7 Å². The van der Waals surface area contributed by atoms with Crippen molar-refractivity contribution in [1.29, 1.82) is 0 Å². The zero-order valence-corrected chi connectivity index (χ0v) is 12.9. The third-order valence-electron chi connectivity index (χ3n) is 3.10. The summed E-state index contributed by atoms with van der Waals surface area (Å²) in [7, 11) is 0. The molecule has 8 heteroatoms. The van der Waals surface area contributed by atoms with E-state index in [1.165, 1.54) is 11.8 Å². The summed E-state index contributed by atoms with van der Waals surface area (Å²) in [4.78, 5) is 21.0. The van der Waals surface area contributed by atoms with E-state index in [-0.39, 0.29) is 36.6 Å². The van der Waals surface area contributed by atoms with Crippen molar-refractivity contribution in [1.82, 2.24) is 14.9 Å². The fourth-order valence-corrected chi connectivity index (χ4v) is 2.27. The Morgan fingerprint density at radius 1 is 1.23 bits per heavy atom. The van der Waals surface area contributed by atoms with Crippen molar-refractivity contribution in [3.05, 3.63) is 22.8 Å². The molecule has 0 aliphatic carbocycles. The predicted molar refractivity (Wildman–Crippen MR) is 72.1 cm³/mol. The molecule has 0 fully saturated rings. The number of alkyl halides is 3. The molecule has 0 spiro atoms. The fourth-order valence-electron chi connectivity index (χ4n) is 2.27. The molecule has 0 saturated heterocycles. The second-order valence-electron chi connectivity index (χ2n) is 6.19. The average molecular weight is 317 g/mol. The lowest BCUT2D eigenvalue weighted by Gasteiger charge is -2.31. The van der Waals surface area contributed by atoms with Gasteiger partial charge in [0.2, 0.25) is 0 Å². The first kappa shape index (κ1) is 16.5. The Balaban J connectivity index is 2.28. The molecule has 0 radical (unpaired) electrons. The largest absolute Gasteiger partial charge is 0.444 e. The molecular weight excluding hydrogens is 299 g/mol. The van der Waals surface area contributed by atoms with E-state index < -0.39 is 23.6 Å². The minimum absolute atomic E-state index is 0.00329. The van der Waals surface area contributed by atoms with Crippen LogP contribution in [-0.2, 0) is 23.9 Å². The standard InChI is InChI=1S/C14H18F3N3O2/c1-8-18-10-7-20(12(21)22-13(2,3)4)6-5-9(10)11(19-8)14(15,16)17/h5-7H2,1-4H3. The third kappa shape index (κ3) is 3.66. The van der Waals surface area contributed by atoms with E-state index in [9.17, 15) is 18.0 Å². The summed E-state index contributed by atoms with van der Waals surface area (Å²) >= 11 is 0. The predicted octanol–water partition coefficient (Wildman–Crippen LogP) is 3.10. The lowest BCUT2D eigenvalue weighted by molar-refractivity contribution is -0.142. The topological polar surface area (TPSA) is 55.3 Å². The first-order chi connectivity index (χ1) is 9.97. The number of aryl methyl sites for hydroxylation is 1. The highest BCUT2D eigenvalue weighted by Gasteiger charge is 2.39. The van der Waals surface area contributed by atoms with Crippen LogP contribution >= 0.6 is 0 Å². The highest BCUT2D eigenvalue weighted by Crippen LogP contribution is 2.33.